The van der Waals surface area contributed by atoms with E-state index in [1.165, 1.54) is 12.8 Å². The first-order chi connectivity index (χ1) is 5.86. The van der Waals surface area contributed by atoms with Crippen LogP contribution in [0.15, 0.2) is 12.8 Å². The maximum Gasteiger partial charge on any atom is 0.0899 e. The van der Waals surface area contributed by atoms with E-state index >= 15 is 0 Å². The molecule has 0 aromatic carbocycles. The maximum atomic E-state index is 5.44. The Morgan fingerprint density at radius 3 is 3.25 bits per heavy atom. The largest absolute Gasteiger partial charge is 0.385 e. The topological polar surface area (TPSA) is 24.5 Å². The third-order valence-corrected chi connectivity index (χ3v) is 2.00. The first-order valence-electron chi connectivity index (χ1n) is 4.61. The number of hydrogen-bond donors (Lipinski definition) is 1. The van der Waals surface area contributed by atoms with Crippen molar-refractivity contribution in [2.45, 2.75) is 25.8 Å². The van der Waals surface area contributed by atoms with E-state index < -0.39 is 0 Å². The smallest absolute Gasteiger partial charge is 0.0899 e. The summed E-state index contributed by atoms with van der Waals surface area (Å²) in [5.74, 6) is 0. The van der Waals surface area contributed by atoms with Gasteiger partial charge in [-0.3, -0.25) is 4.84 Å². The highest BCUT2D eigenvalue weighted by Crippen LogP contribution is 2.06. The highest BCUT2D eigenvalue weighted by atomic mass is 16.7. The lowest BCUT2D eigenvalue weighted by Gasteiger charge is -2.12. The summed E-state index contributed by atoms with van der Waals surface area (Å²) in [7, 11) is 0. The molecule has 0 amide bonds. The minimum atomic E-state index is 0.430. The number of nitrogens with one attached hydrogen (secondary N) is 1. The Hall–Kier alpha value is -0.540. The van der Waals surface area contributed by atoms with E-state index in [2.05, 4.69) is 18.8 Å². The highest BCUT2D eigenvalue weighted by molar-refractivity contribution is 4.78. The summed E-state index contributed by atoms with van der Waals surface area (Å²) in [5, 5.41) is 5.18. The normalized spacial score (nSPS) is 24.2. The standard InChI is InChI=1S/C9H18N2O/c1-3-5-6-11-7-9(8-12-11)10-4-2/h4,9-10H,2-3,5-8H2,1H3/t9-/m1/s1. The van der Waals surface area contributed by atoms with Gasteiger partial charge >= 0.3 is 0 Å². The van der Waals surface area contributed by atoms with Gasteiger partial charge in [-0.25, -0.2) is 0 Å². The van der Waals surface area contributed by atoms with Gasteiger partial charge in [0.25, 0.3) is 0 Å². The van der Waals surface area contributed by atoms with Crippen molar-refractivity contribution in [1.82, 2.24) is 10.4 Å². The molecule has 1 heterocycles. The Labute approximate surface area is 74.3 Å². The second-order valence-corrected chi connectivity index (χ2v) is 3.11. The SMILES string of the molecule is C=CN[C@H]1CON(CCCC)C1. The molecule has 1 aliphatic rings. The predicted octanol–water partition coefficient (Wildman–Crippen LogP) is 1.14. The summed E-state index contributed by atoms with van der Waals surface area (Å²) in [4.78, 5) is 5.44. The number of hydrogen-bond acceptors (Lipinski definition) is 3. The van der Waals surface area contributed by atoms with Gasteiger partial charge in [0.15, 0.2) is 0 Å². The molecule has 1 fully saturated rings. The van der Waals surface area contributed by atoms with E-state index in [9.17, 15) is 0 Å². The van der Waals surface area contributed by atoms with Gasteiger partial charge in [0.05, 0.1) is 12.6 Å². The van der Waals surface area contributed by atoms with E-state index in [0.29, 0.717) is 6.04 Å². The Morgan fingerprint density at radius 2 is 2.58 bits per heavy atom. The van der Waals surface area contributed by atoms with E-state index in [1.54, 1.807) is 6.20 Å². The number of rotatable bonds is 5. The Kier molecular flexibility index (Phi) is 4.11. The third kappa shape index (κ3) is 2.83. The van der Waals surface area contributed by atoms with Gasteiger partial charge in [0, 0.05) is 13.1 Å². The van der Waals surface area contributed by atoms with Crippen molar-refractivity contribution < 1.29 is 4.84 Å². The molecule has 0 saturated carbocycles. The summed E-state index contributed by atoms with van der Waals surface area (Å²) in [6.45, 7) is 8.62. The third-order valence-electron chi connectivity index (χ3n) is 2.00. The molecule has 1 aliphatic heterocycles. The van der Waals surface area contributed by atoms with Crippen LogP contribution < -0.4 is 5.32 Å². The molecule has 70 valence electrons. The Morgan fingerprint density at radius 1 is 1.75 bits per heavy atom. The summed E-state index contributed by atoms with van der Waals surface area (Å²) in [5.41, 5.74) is 0. The molecule has 0 aliphatic carbocycles. The minimum Gasteiger partial charge on any atom is -0.385 e. The van der Waals surface area contributed by atoms with Crippen molar-refractivity contribution >= 4 is 0 Å². The quantitative estimate of drug-likeness (QED) is 0.669. The summed E-state index contributed by atoms with van der Waals surface area (Å²) < 4.78 is 0. The maximum absolute atomic E-state index is 5.44. The fraction of sp³-hybridized carbons (Fsp3) is 0.778. The molecule has 3 nitrogen and oxygen atoms in total. The second kappa shape index (κ2) is 5.17. The van der Waals surface area contributed by atoms with Crippen molar-refractivity contribution in [3.8, 4) is 0 Å². The highest BCUT2D eigenvalue weighted by Gasteiger charge is 2.21. The molecule has 0 bridgehead atoms. The van der Waals surface area contributed by atoms with E-state index in [-0.39, 0.29) is 0 Å². The van der Waals surface area contributed by atoms with Crippen LogP contribution in [0.1, 0.15) is 19.8 Å². The molecule has 3 heteroatoms. The molecule has 0 radical (unpaired) electrons. The van der Waals surface area contributed by atoms with Crippen LogP contribution >= 0.6 is 0 Å². The number of unbranched alkanes of at least 4 members (excludes halogenated alkanes) is 1. The van der Waals surface area contributed by atoms with Gasteiger partial charge < -0.3 is 5.32 Å². The van der Waals surface area contributed by atoms with Gasteiger partial charge in [-0.15, -0.1) is 0 Å². The van der Waals surface area contributed by atoms with Gasteiger partial charge in [-0.1, -0.05) is 19.9 Å². The van der Waals surface area contributed by atoms with Crippen molar-refractivity contribution in [3.63, 3.8) is 0 Å². The fourth-order valence-electron chi connectivity index (χ4n) is 1.30. The summed E-state index contributed by atoms with van der Waals surface area (Å²) in [6, 6.07) is 0.430. The van der Waals surface area contributed by atoms with Crippen molar-refractivity contribution in [1.29, 1.82) is 0 Å². The molecule has 0 spiro atoms. The van der Waals surface area contributed by atoms with Crippen LogP contribution in [0.2, 0.25) is 0 Å². The van der Waals surface area contributed by atoms with Crippen LogP contribution in [0.25, 0.3) is 0 Å². The lowest BCUT2D eigenvalue weighted by atomic mass is 10.3. The number of nitrogens with zero attached hydrogens (tertiary/aromatic N) is 1. The van der Waals surface area contributed by atoms with Gasteiger partial charge in [-0.05, 0) is 12.6 Å². The van der Waals surface area contributed by atoms with Crippen LogP contribution in [0.3, 0.4) is 0 Å². The monoisotopic (exact) mass is 170 g/mol. The van der Waals surface area contributed by atoms with Gasteiger partial charge in [0.2, 0.25) is 0 Å². The summed E-state index contributed by atoms with van der Waals surface area (Å²) >= 11 is 0. The molecule has 0 unspecified atom stereocenters. The zero-order valence-electron chi connectivity index (χ0n) is 7.75. The lowest BCUT2D eigenvalue weighted by Crippen LogP contribution is -2.30. The zero-order chi connectivity index (χ0) is 8.81. The van der Waals surface area contributed by atoms with Crippen molar-refractivity contribution in [2.75, 3.05) is 19.7 Å². The van der Waals surface area contributed by atoms with Crippen LogP contribution in [0.4, 0.5) is 0 Å². The minimum absolute atomic E-state index is 0.430. The lowest BCUT2D eigenvalue weighted by molar-refractivity contribution is -0.110. The average molecular weight is 170 g/mol. The molecule has 1 atom stereocenters. The molecule has 0 aromatic heterocycles. The average Bonchev–Trinajstić information content (AvgIpc) is 2.50. The Balaban J connectivity index is 2.12. The van der Waals surface area contributed by atoms with Crippen LogP contribution in [-0.4, -0.2) is 30.8 Å². The molecule has 1 rings (SSSR count). The predicted molar refractivity (Wildman–Crippen MR) is 49.6 cm³/mol. The van der Waals surface area contributed by atoms with Crippen molar-refractivity contribution in [2.24, 2.45) is 0 Å². The van der Waals surface area contributed by atoms with Crippen LogP contribution in [0.5, 0.6) is 0 Å². The van der Waals surface area contributed by atoms with Crippen molar-refractivity contribution in [3.05, 3.63) is 12.8 Å². The molecule has 12 heavy (non-hydrogen) atoms. The molecule has 1 N–H and O–H groups in total. The van der Waals surface area contributed by atoms with E-state index in [0.717, 1.165) is 19.7 Å². The molecular weight excluding hydrogens is 152 g/mol. The fourth-order valence-corrected chi connectivity index (χ4v) is 1.30. The second-order valence-electron chi connectivity index (χ2n) is 3.11. The zero-order valence-corrected chi connectivity index (χ0v) is 7.75. The van der Waals surface area contributed by atoms with E-state index in [4.69, 9.17) is 4.84 Å². The first-order valence-corrected chi connectivity index (χ1v) is 4.61. The van der Waals surface area contributed by atoms with Gasteiger partial charge in [-0.2, -0.15) is 5.06 Å². The number of hydroxylamine groups is 2. The van der Waals surface area contributed by atoms with E-state index in [1.807, 2.05) is 5.06 Å². The first kappa shape index (κ1) is 9.55. The van der Waals surface area contributed by atoms with Crippen LogP contribution in [0, 0.1) is 0 Å². The summed E-state index contributed by atoms with van der Waals surface area (Å²) in [6.07, 6.45) is 4.16. The van der Waals surface area contributed by atoms with Crippen LogP contribution in [-0.2, 0) is 4.84 Å². The Bertz CT molecular complexity index is 138. The molecular formula is C9H18N2O. The molecule has 0 aromatic rings. The molecule has 1 saturated heterocycles. The van der Waals surface area contributed by atoms with Gasteiger partial charge in [0.1, 0.15) is 0 Å².